The summed E-state index contributed by atoms with van der Waals surface area (Å²) in [6.07, 6.45) is 4.48. The minimum Gasteiger partial charge on any atom is -0.386 e. The molecular formula is C11H17N3O2S. The number of sulfonamides is 1. The molecule has 1 aromatic heterocycles. The summed E-state index contributed by atoms with van der Waals surface area (Å²) in [7, 11) is -1.74. The molecule has 0 bridgehead atoms. The van der Waals surface area contributed by atoms with Crippen molar-refractivity contribution in [2.75, 3.05) is 25.5 Å². The zero-order valence-corrected chi connectivity index (χ0v) is 10.7. The van der Waals surface area contributed by atoms with Crippen LogP contribution in [-0.2, 0) is 10.0 Å². The second-order valence-corrected chi connectivity index (χ2v) is 5.92. The summed E-state index contributed by atoms with van der Waals surface area (Å²) in [4.78, 5) is 4.00. The monoisotopic (exact) mass is 255 g/mol. The van der Waals surface area contributed by atoms with E-state index in [1.165, 1.54) is 10.5 Å². The Bertz CT molecular complexity index is 481. The summed E-state index contributed by atoms with van der Waals surface area (Å²) in [5.74, 6) is 0. The van der Waals surface area contributed by atoms with Gasteiger partial charge in [0, 0.05) is 26.3 Å². The van der Waals surface area contributed by atoms with Gasteiger partial charge in [0.25, 0.3) is 10.0 Å². The van der Waals surface area contributed by atoms with Gasteiger partial charge in [-0.25, -0.2) is 13.4 Å². The van der Waals surface area contributed by atoms with Crippen LogP contribution in [0.25, 0.3) is 0 Å². The Kier molecular flexibility index (Phi) is 3.63. The first-order valence-electron chi connectivity index (χ1n) is 5.79. The summed E-state index contributed by atoms with van der Waals surface area (Å²) in [5, 5.41) is 3.00. The molecule has 0 radical (unpaired) electrons. The third kappa shape index (κ3) is 2.42. The van der Waals surface area contributed by atoms with Crippen LogP contribution in [0.5, 0.6) is 0 Å². The molecule has 1 saturated heterocycles. The van der Waals surface area contributed by atoms with Crippen LogP contribution in [0, 0.1) is 0 Å². The number of hydrogen-bond acceptors (Lipinski definition) is 4. The summed E-state index contributed by atoms with van der Waals surface area (Å²) < 4.78 is 26.3. The van der Waals surface area contributed by atoms with Gasteiger partial charge in [0.2, 0.25) is 0 Å². The molecule has 1 N–H and O–H groups in total. The van der Waals surface area contributed by atoms with E-state index >= 15 is 0 Å². The molecule has 5 nitrogen and oxygen atoms in total. The molecular weight excluding hydrogens is 238 g/mol. The molecule has 0 amide bonds. The smallest absolute Gasteiger partial charge is 0.262 e. The van der Waals surface area contributed by atoms with E-state index in [1.807, 2.05) is 0 Å². The van der Waals surface area contributed by atoms with Gasteiger partial charge in [-0.3, -0.25) is 0 Å². The van der Waals surface area contributed by atoms with Gasteiger partial charge >= 0.3 is 0 Å². The van der Waals surface area contributed by atoms with Crippen LogP contribution in [0.3, 0.4) is 0 Å². The van der Waals surface area contributed by atoms with E-state index in [0.717, 1.165) is 19.3 Å². The van der Waals surface area contributed by atoms with Crippen LogP contribution in [0.4, 0.5) is 5.69 Å². The van der Waals surface area contributed by atoms with E-state index in [9.17, 15) is 8.42 Å². The Morgan fingerprint density at radius 2 is 2.00 bits per heavy atom. The first-order chi connectivity index (χ1) is 8.16. The molecule has 0 unspecified atom stereocenters. The van der Waals surface area contributed by atoms with E-state index in [2.05, 4.69) is 10.3 Å². The third-order valence-electron chi connectivity index (χ3n) is 2.94. The maximum absolute atomic E-state index is 12.4. The summed E-state index contributed by atoms with van der Waals surface area (Å²) in [6, 6.07) is 3.45. The van der Waals surface area contributed by atoms with Crippen LogP contribution in [0.1, 0.15) is 19.3 Å². The highest BCUT2D eigenvalue weighted by molar-refractivity contribution is 7.89. The second kappa shape index (κ2) is 5.01. The number of nitrogens with zero attached hydrogens (tertiary/aromatic N) is 2. The summed E-state index contributed by atoms with van der Waals surface area (Å²) in [6.45, 7) is 1.20. The number of pyridine rings is 1. The summed E-state index contributed by atoms with van der Waals surface area (Å²) in [5.41, 5.74) is 0.554. The number of piperidine rings is 1. The molecule has 6 heteroatoms. The number of anilines is 1. The van der Waals surface area contributed by atoms with Crippen molar-refractivity contribution in [1.82, 2.24) is 9.29 Å². The van der Waals surface area contributed by atoms with E-state index in [0.29, 0.717) is 18.8 Å². The van der Waals surface area contributed by atoms with Gasteiger partial charge in [0.15, 0.2) is 5.03 Å². The number of rotatable bonds is 3. The van der Waals surface area contributed by atoms with Crippen molar-refractivity contribution in [2.24, 2.45) is 0 Å². The fourth-order valence-corrected chi connectivity index (χ4v) is 3.64. The number of nitrogens with one attached hydrogen (secondary N) is 1. The van der Waals surface area contributed by atoms with Crippen molar-refractivity contribution < 1.29 is 8.42 Å². The highest BCUT2D eigenvalue weighted by Gasteiger charge is 2.28. The van der Waals surface area contributed by atoms with Gasteiger partial charge in [-0.05, 0) is 25.0 Å². The van der Waals surface area contributed by atoms with Gasteiger partial charge in [0.1, 0.15) is 0 Å². The molecule has 2 heterocycles. The van der Waals surface area contributed by atoms with Gasteiger partial charge in [-0.1, -0.05) is 6.42 Å². The Hall–Kier alpha value is -1.14. The van der Waals surface area contributed by atoms with Crippen LogP contribution in [0.2, 0.25) is 0 Å². The van der Waals surface area contributed by atoms with Gasteiger partial charge < -0.3 is 5.32 Å². The van der Waals surface area contributed by atoms with Crippen LogP contribution >= 0.6 is 0 Å². The molecule has 0 spiro atoms. The minimum atomic E-state index is -3.45. The van der Waals surface area contributed by atoms with Crippen molar-refractivity contribution >= 4 is 15.7 Å². The maximum atomic E-state index is 12.4. The van der Waals surface area contributed by atoms with Crippen LogP contribution < -0.4 is 5.32 Å². The first kappa shape index (κ1) is 12.3. The van der Waals surface area contributed by atoms with Crippen molar-refractivity contribution in [3.63, 3.8) is 0 Å². The maximum Gasteiger partial charge on any atom is 0.262 e. The lowest BCUT2D eigenvalue weighted by Crippen LogP contribution is -2.36. The molecule has 0 saturated carbocycles. The second-order valence-electron chi connectivity index (χ2n) is 4.07. The molecule has 0 atom stereocenters. The standard InChI is InChI=1S/C11H17N3O2S/c1-12-10-6-5-7-13-11(10)17(15,16)14-8-3-2-4-9-14/h5-7,12H,2-4,8-9H2,1H3. The fourth-order valence-electron chi connectivity index (χ4n) is 2.01. The van der Waals surface area contributed by atoms with E-state index in [-0.39, 0.29) is 5.03 Å². The molecule has 1 aliphatic rings. The molecule has 0 aromatic carbocycles. The quantitative estimate of drug-likeness (QED) is 0.884. The average molecular weight is 255 g/mol. The van der Waals surface area contributed by atoms with Crippen molar-refractivity contribution in [3.8, 4) is 0 Å². The van der Waals surface area contributed by atoms with E-state index in [1.54, 1.807) is 19.2 Å². The fraction of sp³-hybridized carbons (Fsp3) is 0.545. The highest BCUT2D eigenvalue weighted by atomic mass is 32.2. The molecule has 1 aromatic rings. The van der Waals surface area contributed by atoms with Gasteiger partial charge in [0.05, 0.1) is 5.69 Å². The van der Waals surface area contributed by atoms with Crippen molar-refractivity contribution in [2.45, 2.75) is 24.3 Å². The van der Waals surface area contributed by atoms with E-state index < -0.39 is 10.0 Å². The average Bonchev–Trinajstić information content (AvgIpc) is 2.39. The van der Waals surface area contributed by atoms with Crippen molar-refractivity contribution in [1.29, 1.82) is 0 Å². The Balaban J connectivity index is 2.36. The van der Waals surface area contributed by atoms with Crippen LogP contribution in [-0.4, -0.2) is 37.8 Å². The Morgan fingerprint density at radius 3 is 2.65 bits per heavy atom. The lowest BCUT2D eigenvalue weighted by molar-refractivity contribution is 0.345. The van der Waals surface area contributed by atoms with E-state index in [4.69, 9.17) is 0 Å². The first-order valence-corrected chi connectivity index (χ1v) is 7.23. The molecule has 1 fully saturated rings. The topological polar surface area (TPSA) is 62.3 Å². The largest absolute Gasteiger partial charge is 0.386 e. The Morgan fingerprint density at radius 1 is 1.29 bits per heavy atom. The van der Waals surface area contributed by atoms with Gasteiger partial charge in [-0.2, -0.15) is 4.31 Å². The summed E-state index contributed by atoms with van der Waals surface area (Å²) >= 11 is 0. The predicted octanol–water partition coefficient (Wildman–Crippen LogP) is 1.30. The minimum absolute atomic E-state index is 0.129. The molecule has 94 valence electrons. The zero-order chi connectivity index (χ0) is 12.3. The molecule has 2 rings (SSSR count). The van der Waals surface area contributed by atoms with Crippen molar-refractivity contribution in [3.05, 3.63) is 18.3 Å². The van der Waals surface area contributed by atoms with Gasteiger partial charge in [-0.15, -0.1) is 0 Å². The van der Waals surface area contributed by atoms with Crippen LogP contribution in [0.15, 0.2) is 23.4 Å². The molecule has 1 aliphatic heterocycles. The Labute approximate surface area is 102 Å². The number of aromatic nitrogens is 1. The number of hydrogen-bond donors (Lipinski definition) is 1. The SMILES string of the molecule is CNc1cccnc1S(=O)(=O)N1CCCCC1. The molecule has 0 aliphatic carbocycles. The lowest BCUT2D eigenvalue weighted by atomic mass is 10.2. The third-order valence-corrected chi connectivity index (χ3v) is 4.80. The predicted molar refractivity (Wildman–Crippen MR) is 66.4 cm³/mol. The lowest BCUT2D eigenvalue weighted by Gasteiger charge is -2.26. The normalized spacial score (nSPS) is 17.9. The molecule has 17 heavy (non-hydrogen) atoms. The zero-order valence-electron chi connectivity index (χ0n) is 9.89. The highest BCUT2D eigenvalue weighted by Crippen LogP contribution is 2.24.